The van der Waals surface area contributed by atoms with E-state index >= 15 is 0 Å². The van der Waals surface area contributed by atoms with Crippen LogP contribution in [-0.4, -0.2) is 77.1 Å². The first kappa shape index (κ1) is 43.7. The molecule has 62 heavy (non-hydrogen) atoms. The highest BCUT2D eigenvalue weighted by molar-refractivity contribution is 6.00. The van der Waals surface area contributed by atoms with Gasteiger partial charge in [0.1, 0.15) is 5.75 Å². The summed E-state index contributed by atoms with van der Waals surface area (Å²) in [7, 11) is 0. The highest BCUT2D eigenvalue weighted by Crippen LogP contribution is 2.59. The molecule has 4 aromatic rings. The van der Waals surface area contributed by atoms with Gasteiger partial charge in [0.25, 0.3) is 0 Å². The molecule has 2 atom stereocenters. The van der Waals surface area contributed by atoms with Gasteiger partial charge in [0.15, 0.2) is 40.2 Å². The third-order valence-corrected chi connectivity index (χ3v) is 12.9. The SMILES string of the molecule is CCCCC/C(=C\C(=O)O[C@@H](C(=O)O)[C@H](CNCC)c1cc(O)c(O)c(O)c1)c1cc(O)c(O)c2c1C=C(c1cc(O)c(O)c3c1-c1cccc(O)c1CCC3)CC21CCCC1. The van der Waals surface area contributed by atoms with Crippen molar-refractivity contribution in [2.75, 3.05) is 13.1 Å². The topological polar surface area (TPSA) is 237 Å². The lowest BCUT2D eigenvalue weighted by molar-refractivity contribution is -0.162. The van der Waals surface area contributed by atoms with Crippen LogP contribution in [0, 0.1) is 0 Å². The summed E-state index contributed by atoms with van der Waals surface area (Å²) >= 11 is 0. The number of hydrogen-bond donors (Lipinski definition) is 10. The van der Waals surface area contributed by atoms with Crippen molar-refractivity contribution in [3.05, 3.63) is 87.5 Å². The average molecular weight is 850 g/mol. The molecule has 0 aliphatic heterocycles. The molecule has 328 valence electrons. The molecule has 13 heteroatoms. The molecule has 13 nitrogen and oxygen atoms in total. The zero-order valence-electron chi connectivity index (χ0n) is 35.0. The largest absolute Gasteiger partial charge is 0.508 e. The van der Waals surface area contributed by atoms with Crippen LogP contribution in [-0.2, 0) is 32.6 Å². The van der Waals surface area contributed by atoms with Gasteiger partial charge in [0, 0.05) is 40.6 Å². The van der Waals surface area contributed by atoms with Gasteiger partial charge in [-0.3, -0.25) is 0 Å². The Balaban J connectivity index is 1.40. The summed E-state index contributed by atoms with van der Waals surface area (Å²) in [6.45, 7) is 4.21. The van der Waals surface area contributed by atoms with E-state index in [4.69, 9.17) is 4.74 Å². The van der Waals surface area contributed by atoms with Crippen LogP contribution in [0.15, 0.2) is 48.5 Å². The van der Waals surface area contributed by atoms with Gasteiger partial charge in [0.2, 0.25) is 6.10 Å². The van der Waals surface area contributed by atoms with E-state index in [1.54, 1.807) is 25.1 Å². The molecule has 7 rings (SSSR count). The lowest BCUT2D eigenvalue weighted by atomic mass is 9.65. The van der Waals surface area contributed by atoms with Crippen molar-refractivity contribution in [2.24, 2.45) is 0 Å². The number of hydrogen-bond acceptors (Lipinski definition) is 12. The fourth-order valence-corrected chi connectivity index (χ4v) is 9.98. The van der Waals surface area contributed by atoms with Crippen LogP contribution >= 0.6 is 0 Å². The minimum absolute atomic E-state index is 0.0346. The first-order valence-electron chi connectivity index (χ1n) is 21.5. The maximum atomic E-state index is 14.1. The Morgan fingerprint density at radius 3 is 2.15 bits per heavy atom. The molecule has 0 unspecified atom stereocenters. The lowest BCUT2D eigenvalue weighted by Gasteiger charge is -2.38. The van der Waals surface area contributed by atoms with E-state index in [1.165, 1.54) is 12.1 Å². The predicted octanol–water partition coefficient (Wildman–Crippen LogP) is 8.60. The highest BCUT2D eigenvalue weighted by atomic mass is 16.6. The molecule has 0 saturated heterocycles. The fraction of sp³-hybridized carbons (Fsp3) is 0.388. The Morgan fingerprint density at radius 1 is 0.790 bits per heavy atom. The van der Waals surface area contributed by atoms with Crippen LogP contribution in [0.5, 0.6) is 46.0 Å². The van der Waals surface area contributed by atoms with E-state index in [-0.39, 0.29) is 40.9 Å². The molecule has 4 aromatic carbocycles. The lowest BCUT2D eigenvalue weighted by Crippen LogP contribution is -2.38. The van der Waals surface area contributed by atoms with Gasteiger partial charge in [-0.2, -0.15) is 0 Å². The molecule has 0 radical (unpaired) electrons. The quantitative estimate of drug-likeness (QED) is 0.0248. The second-order valence-electron chi connectivity index (χ2n) is 16.9. The molecule has 1 fully saturated rings. The Morgan fingerprint density at radius 2 is 1.47 bits per heavy atom. The summed E-state index contributed by atoms with van der Waals surface area (Å²) in [6.07, 6.45) is 8.95. The summed E-state index contributed by atoms with van der Waals surface area (Å²) < 4.78 is 5.74. The number of benzene rings is 4. The predicted molar refractivity (Wildman–Crippen MR) is 234 cm³/mol. The minimum atomic E-state index is -1.81. The first-order chi connectivity index (χ1) is 29.7. The third-order valence-electron chi connectivity index (χ3n) is 12.9. The molecule has 0 aromatic heterocycles. The number of phenols is 8. The molecule has 0 heterocycles. The summed E-state index contributed by atoms with van der Waals surface area (Å²) in [4.78, 5) is 27.0. The smallest absolute Gasteiger partial charge is 0.345 e. The molecule has 3 aliphatic rings. The zero-order chi connectivity index (χ0) is 44.5. The van der Waals surface area contributed by atoms with Gasteiger partial charge in [0.05, 0.1) is 0 Å². The van der Waals surface area contributed by atoms with Gasteiger partial charge in [-0.25, -0.2) is 9.59 Å². The number of nitrogens with one attached hydrogen (secondary N) is 1. The number of carbonyl (C=O) groups excluding carboxylic acids is 1. The van der Waals surface area contributed by atoms with Crippen LogP contribution in [0.4, 0.5) is 0 Å². The third kappa shape index (κ3) is 8.21. The van der Waals surface area contributed by atoms with E-state index in [9.17, 15) is 55.5 Å². The number of ether oxygens (including phenoxy) is 1. The van der Waals surface area contributed by atoms with Crippen molar-refractivity contribution in [3.63, 3.8) is 0 Å². The molecular weight excluding hydrogens is 795 g/mol. The maximum absolute atomic E-state index is 14.1. The minimum Gasteiger partial charge on any atom is -0.508 e. The standard InChI is InChI=1S/C49H55NO12/c1-3-5-6-11-26(21-41(56)62-47(48(60)61)35(25-50-4-2)27-19-37(52)45(58)38(53)20-27)32-22-40(55)46(59)43-34(32)18-28(24-49(43)16-7-8-17-49)33-23-39(54)44(57)31-14-9-12-29-30(42(31)33)13-10-15-36(29)51/h10,13,15,18-23,35,47,50-55,57-59H,3-9,11-12,14,16-17,24-25H2,1-2H3,(H,60,61)/b26-21+/t35-,47-/m1/s1. The van der Waals surface area contributed by atoms with E-state index in [2.05, 4.69) is 5.32 Å². The van der Waals surface area contributed by atoms with Gasteiger partial charge in [-0.1, -0.05) is 57.7 Å². The van der Waals surface area contributed by atoms with Crippen molar-refractivity contribution >= 4 is 29.2 Å². The van der Waals surface area contributed by atoms with Gasteiger partial charge < -0.3 is 56.0 Å². The van der Waals surface area contributed by atoms with E-state index in [0.29, 0.717) is 96.9 Å². The summed E-state index contributed by atoms with van der Waals surface area (Å²) in [5.74, 6) is -6.76. The van der Waals surface area contributed by atoms with Crippen molar-refractivity contribution in [1.29, 1.82) is 0 Å². The Labute approximate surface area is 359 Å². The number of likely N-dealkylation sites (N-methyl/N-ethyl adjacent to an activating group) is 1. The van der Waals surface area contributed by atoms with Gasteiger partial charge >= 0.3 is 11.9 Å². The summed E-state index contributed by atoms with van der Waals surface area (Å²) in [5, 5.41) is 101. The normalized spacial score (nSPS) is 16.4. The maximum Gasteiger partial charge on any atom is 0.345 e. The van der Waals surface area contributed by atoms with E-state index < -0.39 is 46.6 Å². The monoisotopic (exact) mass is 849 g/mol. The molecular formula is C49H55NO12. The van der Waals surface area contributed by atoms with Crippen molar-refractivity contribution in [3.8, 4) is 57.1 Å². The fourth-order valence-electron chi connectivity index (χ4n) is 9.98. The van der Waals surface area contributed by atoms with Crippen LogP contribution in [0.1, 0.15) is 123 Å². The molecule has 0 amide bonds. The number of phenolic OH excluding ortho intramolecular Hbond substituents is 8. The van der Waals surface area contributed by atoms with Crippen LogP contribution in [0.3, 0.4) is 0 Å². The van der Waals surface area contributed by atoms with Gasteiger partial charge in [-0.05, 0) is 133 Å². The number of rotatable bonds is 14. The van der Waals surface area contributed by atoms with Crippen LogP contribution in [0.25, 0.3) is 28.3 Å². The van der Waals surface area contributed by atoms with Crippen LogP contribution < -0.4 is 5.32 Å². The number of allylic oxidation sites excluding steroid dienone is 2. The number of carbonyl (C=O) groups is 2. The summed E-state index contributed by atoms with van der Waals surface area (Å²) in [6, 6.07) is 10.5. The zero-order valence-corrected chi connectivity index (χ0v) is 35.0. The number of unbranched alkanes of at least 4 members (excludes halogenated alkanes) is 2. The Hall–Kier alpha value is -6.34. The van der Waals surface area contributed by atoms with Gasteiger partial charge in [-0.15, -0.1) is 0 Å². The highest BCUT2D eigenvalue weighted by Gasteiger charge is 2.45. The molecule has 1 saturated carbocycles. The number of aliphatic carboxylic acids is 1. The number of esters is 1. The van der Waals surface area contributed by atoms with Crippen molar-refractivity contribution < 1.29 is 60.3 Å². The second-order valence-corrected chi connectivity index (χ2v) is 16.9. The second kappa shape index (κ2) is 17.9. The number of aromatic hydroxyl groups is 8. The summed E-state index contributed by atoms with van der Waals surface area (Å²) in [5.41, 5.74) is 5.57. The molecule has 3 aliphatic carbocycles. The average Bonchev–Trinajstić information content (AvgIpc) is 3.60. The first-order valence-corrected chi connectivity index (χ1v) is 21.5. The van der Waals surface area contributed by atoms with E-state index in [0.717, 1.165) is 54.5 Å². The molecule has 1 spiro atoms. The number of carboxylic acid groups (broad SMARTS) is 1. The van der Waals surface area contributed by atoms with Crippen LogP contribution in [0.2, 0.25) is 0 Å². The number of fused-ring (bicyclic) bond motifs is 5. The van der Waals surface area contributed by atoms with E-state index in [1.807, 2.05) is 19.1 Å². The Kier molecular flexibility index (Phi) is 12.7. The van der Waals surface area contributed by atoms with Crippen molar-refractivity contribution in [2.45, 2.75) is 108 Å². The molecule has 0 bridgehead atoms. The van der Waals surface area contributed by atoms with Crippen molar-refractivity contribution in [1.82, 2.24) is 5.32 Å². The number of carboxylic acids is 1. The molecule has 10 N–H and O–H groups in total. The Bertz CT molecular complexity index is 2440.